The molecule has 0 unspecified atom stereocenters. The lowest BCUT2D eigenvalue weighted by molar-refractivity contribution is 0.402. The Bertz CT molecular complexity index is 776. The topological polar surface area (TPSA) is 68.3 Å². The molecule has 0 aliphatic carbocycles. The summed E-state index contributed by atoms with van der Waals surface area (Å²) in [5, 5.41) is 0. The van der Waals surface area contributed by atoms with Crippen molar-refractivity contribution in [3.8, 4) is 5.75 Å². The summed E-state index contributed by atoms with van der Waals surface area (Å²) < 4.78 is 45.3. The fraction of sp³-hybridized carbons (Fsp3) is 0.214. The average Bonchev–Trinajstić information content (AvgIpc) is 2.40. The quantitative estimate of drug-likeness (QED) is 0.942. The molecule has 0 aliphatic rings. The van der Waals surface area contributed by atoms with Crippen LogP contribution in [0.1, 0.15) is 11.1 Å². The minimum atomic E-state index is -3.89. The number of halogens is 1. The lowest BCUT2D eigenvalue weighted by Crippen LogP contribution is -2.15. The SMILES string of the molecule is COc1cc(C)c(C)cc1S(=O)(=O)Nc1cncc(F)c1. The molecule has 0 amide bonds. The van der Waals surface area contributed by atoms with Crippen LogP contribution in [-0.4, -0.2) is 20.5 Å². The molecule has 2 aromatic rings. The summed E-state index contributed by atoms with van der Waals surface area (Å²) in [7, 11) is -2.50. The van der Waals surface area contributed by atoms with E-state index in [1.807, 2.05) is 6.92 Å². The summed E-state index contributed by atoms with van der Waals surface area (Å²) in [6.45, 7) is 3.66. The van der Waals surface area contributed by atoms with Crippen molar-refractivity contribution in [3.63, 3.8) is 0 Å². The first-order valence-electron chi connectivity index (χ1n) is 6.12. The maximum atomic E-state index is 13.1. The van der Waals surface area contributed by atoms with Gasteiger partial charge in [0.25, 0.3) is 10.0 Å². The van der Waals surface area contributed by atoms with E-state index in [4.69, 9.17) is 4.74 Å². The molecule has 112 valence electrons. The second-order valence-electron chi connectivity index (χ2n) is 4.58. The van der Waals surface area contributed by atoms with Gasteiger partial charge in [-0.25, -0.2) is 12.8 Å². The number of benzene rings is 1. The molecule has 1 N–H and O–H groups in total. The summed E-state index contributed by atoms with van der Waals surface area (Å²) in [5.41, 5.74) is 1.78. The van der Waals surface area contributed by atoms with E-state index in [1.165, 1.54) is 19.4 Å². The number of ether oxygens (including phenoxy) is 1. The highest BCUT2D eigenvalue weighted by molar-refractivity contribution is 7.92. The number of hydrogen-bond acceptors (Lipinski definition) is 4. The van der Waals surface area contributed by atoms with Gasteiger partial charge in [-0.2, -0.15) is 0 Å². The van der Waals surface area contributed by atoms with Crippen molar-refractivity contribution in [1.82, 2.24) is 4.98 Å². The van der Waals surface area contributed by atoms with Crippen LogP contribution in [0.15, 0.2) is 35.5 Å². The van der Waals surface area contributed by atoms with Crippen LogP contribution in [0.2, 0.25) is 0 Å². The summed E-state index contributed by atoms with van der Waals surface area (Å²) >= 11 is 0. The van der Waals surface area contributed by atoms with Gasteiger partial charge < -0.3 is 4.74 Å². The van der Waals surface area contributed by atoms with Crippen molar-refractivity contribution >= 4 is 15.7 Å². The number of aromatic nitrogens is 1. The molecule has 0 spiro atoms. The van der Waals surface area contributed by atoms with Gasteiger partial charge in [0.1, 0.15) is 16.5 Å². The van der Waals surface area contributed by atoms with Crippen molar-refractivity contribution in [2.24, 2.45) is 0 Å². The van der Waals surface area contributed by atoms with Crippen LogP contribution in [0.25, 0.3) is 0 Å². The number of sulfonamides is 1. The van der Waals surface area contributed by atoms with E-state index < -0.39 is 15.8 Å². The Kier molecular flexibility index (Phi) is 4.13. The number of rotatable bonds is 4. The van der Waals surface area contributed by atoms with E-state index in [9.17, 15) is 12.8 Å². The molecule has 5 nitrogen and oxygen atoms in total. The van der Waals surface area contributed by atoms with E-state index in [1.54, 1.807) is 13.0 Å². The van der Waals surface area contributed by atoms with Gasteiger partial charge in [0.15, 0.2) is 0 Å². The van der Waals surface area contributed by atoms with Crippen LogP contribution < -0.4 is 9.46 Å². The molecule has 1 aromatic heterocycles. The molecule has 1 heterocycles. The number of nitrogens with one attached hydrogen (secondary N) is 1. The highest BCUT2D eigenvalue weighted by atomic mass is 32.2. The summed E-state index contributed by atoms with van der Waals surface area (Å²) in [6, 6.07) is 4.22. The molecule has 21 heavy (non-hydrogen) atoms. The second-order valence-corrected chi connectivity index (χ2v) is 6.24. The normalized spacial score (nSPS) is 11.2. The Balaban J connectivity index is 2.47. The summed E-state index contributed by atoms with van der Waals surface area (Å²) in [6.07, 6.45) is 2.22. The lowest BCUT2D eigenvalue weighted by Gasteiger charge is -2.13. The summed E-state index contributed by atoms with van der Waals surface area (Å²) in [4.78, 5) is 3.60. The summed E-state index contributed by atoms with van der Waals surface area (Å²) in [5.74, 6) is -0.391. The van der Waals surface area contributed by atoms with Crippen LogP contribution in [0.5, 0.6) is 5.75 Å². The Morgan fingerprint density at radius 3 is 2.43 bits per heavy atom. The van der Waals surface area contributed by atoms with Crippen molar-refractivity contribution in [3.05, 3.63) is 47.5 Å². The maximum absolute atomic E-state index is 13.1. The van der Waals surface area contributed by atoms with E-state index >= 15 is 0 Å². The van der Waals surface area contributed by atoms with Crippen LogP contribution >= 0.6 is 0 Å². The van der Waals surface area contributed by atoms with Gasteiger partial charge in [-0.3, -0.25) is 9.71 Å². The lowest BCUT2D eigenvalue weighted by atomic mass is 10.1. The zero-order chi connectivity index (χ0) is 15.6. The molecule has 0 aliphatic heterocycles. The Morgan fingerprint density at radius 1 is 1.14 bits per heavy atom. The highest BCUT2D eigenvalue weighted by Gasteiger charge is 2.21. The fourth-order valence-corrected chi connectivity index (χ4v) is 3.08. The van der Waals surface area contributed by atoms with Crippen LogP contribution in [0.4, 0.5) is 10.1 Å². The van der Waals surface area contributed by atoms with E-state index in [0.717, 1.165) is 23.4 Å². The molecular formula is C14H15FN2O3S. The molecule has 2 rings (SSSR count). The molecule has 0 atom stereocenters. The molecule has 0 saturated carbocycles. The molecular weight excluding hydrogens is 295 g/mol. The minimum Gasteiger partial charge on any atom is -0.495 e. The maximum Gasteiger partial charge on any atom is 0.265 e. The Morgan fingerprint density at radius 2 is 1.81 bits per heavy atom. The number of aryl methyl sites for hydroxylation is 2. The molecule has 0 fully saturated rings. The van der Waals surface area contributed by atoms with Crippen LogP contribution in [0.3, 0.4) is 0 Å². The van der Waals surface area contributed by atoms with Gasteiger partial charge in [-0.15, -0.1) is 0 Å². The van der Waals surface area contributed by atoms with E-state index in [-0.39, 0.29) is 16.3 Å². The van der Waals surface area contributed by atoms with Gasteiger partial charge in [0.2, 0.25) is 0 Å². The Hall–Kier alpha value is -2.15. The van der Waals surface area contributed by atoms with Crippen molar-refractivity contribution in [1.29, 1.82) is 0 Å². The van der Waals surface area contributed by atoms with Crippen molar-refractivity contribution in [2.45, 2.75) is 18.7 Å². The highest BCUT2D eigenvalue weighted by Crippen LogP contribution is 2.28. The largest absolute Gasteiger partial charge is 0.495 e. The predicted molar refractivity (Wildman–Crippen MR) is 77.5 cm³/mol. The van der Waals surface area contributed by atoms with Gasteiger partial charge in [-0.05, 0) is 37.1 Å². The van der Waals surface area contributed by atoms with E-state index in [2.05, 4.69) is 9.71 Å². The third-order valence-electron chi connectivity index (χ3n) is 3.03. The van der Waals surface area contributed by atoms with Gasteiger partial charge in [0.05, 0.1) is 25.2 Å². The molecule has 1 aromatic carbocycles. The monoisotopic (exact) mass is 310 g/mol. The first-order chi connectivity index (χ1) is 9.83. The smallest absolute Gasteiger partial charge is 0.265 e. The molecule has 0 bridgehead atoms. The minimum absolute atomic E-state index is 0.00244. The zero-order valence-electron chi connectivity index (χ0n) is 11.8. The van der Waals surface area contributed by atoms with Gasteiger partial charge in [-0.1, -0.05) is 0 Å². The molecule has 7 heteroatoms. The predicted octanol–water partition coefficient (Wildman–Crippen LogP) is 2.65. The number of hydrogen-bond donors (Lipinski definition) is 1. The number of methoxy groups -OCH3 is 1. The average molecular weight is 310 g/mol. The van der Waals surface area contributed by atoms with Crippen molar-refractivity contribution in [2.75, 3.05) is 11.8 Å². The second kappa shape index (κ2) is 5.69. The third kappa shape index (κ3) is 3.30. The standard InChI is InChI=1S/C14H15FN2O3S/c1-9-4-13(20-3)14(5-10(9)2)21(18,19)17-12-6-11(15)7-16-8-12/h4-8,17H,1-3H3. The van der Waals surface area contributed by atoms with Crippen LogP contribution in [-0.2, 0) is 10.0 Å². The third-order valence-corrected chi connectivity index (χ3v) is 4.43. The van der Waals surface area contributed by atoms with Gasteiger partial charge in [0, 0.05) is 6.07 Å². The first-order valence-corrected chi connectivity index (χ1v) is 7.60. The number of nitrogens with zero attached hydrogens (tertiary/aromatic N) is 1. The van der Waals surface area contributed by atoms with Gasteiger partial charge >= 0.3 is 0 Å². The zero-order valence-corrected chi connectivity index (χ0v) is 12.7. The van der Waals surface area contributed by atoms with Crippen molar-refractivity contribution < 1.29 is 17.5 Å². The van der Waals surface area contributed by atoms with E-state index in [0.29, 0.717) is 0 Å². The Labute approximate surface area is 122 Å². The van der Waals surface area contributed by atoms with Crippen LogP contribution in [0, 0.1) is 19.7 Å². The fourth-order valence-electron chi connectivity index (χ4n) is 1.81. The first kappa shape index (κ1) is 15.2. The molecule has 0 radical (unpaired) electrons. The number of anilines is 1. The number of pyridine rings is 1. The molecule has 0 saturated heterocycles.